The molecule has 88 valence electrons. The molecule has 0 aliphatic heterocycles. The summed E-state index contributed by atoms with van der Waals surface area (Å²) in [7, 11) is 1.61. The van der Waals surface area contributed by atoms with E-state index < -0.39 is 5.91 Å². The molecule has 3 heteroatoms. The van der Waals surface area contributed by atoms with Crippen molar-refractivity contribution in [3.63, 3.8) is 0 Å². The molecule has 1 unspecified atom stereocenters. The summed E-state index contributed by atoms with van der Waals surface area (Å²) in [6.45, 7) is 6.30. The molecule has 0 aromatic heterocycles. The number of benzene rings is 1. The van der Waals surface area contributed by atoms with E-state index in [1.807, 2.05) is 6.07 Å². The summed E-state index contributed by atoms with van der Waals surface area (Å²) >= 11 is 0. The second kappa shape index (κ2) is 5.01. The van der Waals surface area contributed by atoms with E-state index in [9.17, 15) is 4.79 Å². The van der Waals surface area contributed by atoms with Gasteiger partial charge in [0.25, 0.3) is 0 Å². The molecule has 1 aromatic rings. The molecule has 0 fully saturated rings. The van der Waals surface area contributed by atoms with Gasteiger partial charge in [0.2, 0.25) is 5.91 Å². The monoisotopic (exact) mass is 221 g/mol. The van der Waals surface area contributed by atoms with Crippen molar-refractivity contribution < 1.29 is 9.53 Å². The molecule has 0 heterocycles. The van der Waals surface area contributed by atoms with Crippen LogP contribution in [0.5, 0.6) is 5.75 Å². The van der Waals surface area contributed by atoms with Gasteiger partial charge in [-0.3, -0.25) is 4.79 Å². The maximum absolute atomic E-state index is 11.4. The number of carbonyl (C=O) groups is 1. The summed E-state index contributed by atoms with van der Waals surface area (Å²) in [6, 6.07) is 5.40. The van der Waals surface area contributed by atoms with E-state index in [0.29, 0.717) is 11.5 Å². The van der Waals surface area contributed by atoms with Gasteiger partial charge in [0.1, 0.15) is 5.75 Å². The predicted molar refractivity (Wildman–Crippen MR) is 64.8 cm³/mol. The van der Waals surface area contributed by atoms with E-state index in [1.165, 1.54) is 0 Å². The normalized spacial score (nSPS) is 12.6. The van der Waals surface area contributed by atoms with Crippen LogP contribution >= 0.6 is 0 Å². The van der Waals surface area contributed by atoms with Crippen molar-refractivity contribution in [1.82, 2.24) is 0 Å². The Hall–Kier alpha value is -1.51. The van der Waals surface area contributed by atoms with E-state index in [0.717, 1.165) is 11.3 Å². The molecule has 0 spiro atoms. The fraction of sp³-hybridized carbons (Fsp3) is 0.462. The van der Waals surface area contributed by atoms with E-state index in [-0.39, 0.29) is 5.92 Å². The molecule has 3 nitrogen and oxygen atoms in total. The van der Waals surface area contributed by atoms with Crippen molar-refractivity contribution in [1.29, 1.82) is 0 Å². The van der Waals surface area contributed by atoms with Crippen LogP contribution in [0.2, 0.25) is 0 Å². The first kappa shape index (κ1) is 12.6. The molecule has 16 heavy (non-hydrogen) atoms. The van der Waals surface area contributed by atoms with Crippen LogP contribution < -0.4 is 10.5 Å². The van der Waals surface area contributed by atoms with Crippen LogP contribution in [0.15, 0.2) is 18.2 Å². The zero-order valence-corrected chi connectivity index (χ0v) is 10.3. The first-order valence-corrected chi connectivity index (χ1v) is 5.45. The van der Waals surface area contributed by atoms with Crippen LogP contribution in [0.3, 0.4) is 0 Å². The molecule has 0 saturated carbocycles. The Balaban J connectivity index is 3.35. The number of ether oxygens (including phenoxy) is 1. The SMILES string of the molecule is COc1cccc(C(N)=O)c1C(C)C(C)C. The molecule has 0 saturated heterocycles. The highest BCUT2D eigenvalue weighted by Crippen LogP contribution is 2.34. The molecular formula is C13H19NO2. The topological polar surface area (TPSA) is 52.3 Å². The van der Waals surface area contributed by atoms with Crippen LogP contribution in [0.4, 0.5) is 0 Å². The quantitative estimate of drug-likeness (QED) is 0.849. The average Bonchev–Trinajstić information content (AvgIpc) is 2.26. The maximum atomic E-state index is 11.4. The first-order chi connectivity index (χ1) is 7.49. The Kier molecular flexibility index (Phi) is 3.93. The van der Waals surface area contributed by atoms with Gasteiger partial charge in [-0.25, -0.2) is 0 Å². The summed E-state index contributed by atoms with van der Waals surface area (Å²) in [6.07, 6.45) is 0. The highest BCUT2D eigenvalue weighted by Gasteiger charge is 2.20. The second-order valence-electron chi connectivity index (χ2n) is 4.32. The molecule has 1 atom stereocenters. The molecule has 0 bridgehead atoms. The number of hydrogen-bond acceptors (Lipinski definition) is 2. The van der Waals surface area contributed by atoms with Gasteiger partial charge in [-0.1, -0.05) is 26.8 Å². The van der Waals surface area contributed by atoms with Crippen molar-refractivity contribution in [2.24, 2.45) is 11.7 Å². The van der Waals surface area contributed by atoms with E-state index >= 15 is 0 Å². The number of amides is 1. The van der Waals surface area contributed by atoms with E-state index in [4.69, 9.17) is 10.5 Å². The lowest BCUT2D eigenvalue weighted by atomic mass is 9.86. The minimum Gasteiger partial charge on any atom is -0.496 e. The zero-order valence-electron chi connectivity index (χ0n) is 10.3. The Morgan fingerprint density at radius 2 is 1.94 bits per heavy atom. The number of primary amides is 1. The highest BCUT2D eigenvalue weighted by molar-refractivity contribution is 5.95. The lowest BCUT2D eigenvalue weighted by Gasteiger charge is -2.21. The minimum absolute atomic E-state index is 0.235. The summed E-state index contributed by atoms with van der Waals surface area (Å²) < 4.78 is 5.30. The zero-order chi connectivity index (χ0) is 12.3. The Bertz CT molecular complexity index is 386. The van der Waals surface area contributed by atoms with Gasteiger partial charge < -0.3 is 10.5 Å². The Labute approximate surface area is 96.6 Å². The number of carbonyl (C=O) groups excluding carboxylic acids is 1. The largest absolute Gasteiger partial charge is 0.496 e. The standard InChI is InChI=1S/C13H19NO2/c1-8(2)9(3)12-10(13(14)15)6-5-7-11(12)16-4/h5-9H,1-4H3,(H2,14,15). The Morgan fingerprint density at radius 1 is 1.31 bits per heavy atom. The third kappa shape index (κ3) is 2.35. The predicted octanol–water partition coefficient (Wildman–Crippen LogP) is 2.55. The minimum atomic E-state index is -0.401. The molecule has 1 rings (SSSR count). The van der Waals surface area contributed by atoms with Gasteiger partial charge in [0.05, 0.1) is 7.11 Å². The van der Waals surface area contributed by atoms with Crippen molar-refractivity contribution in [3.05, 3.63) is 29.3 Å². The highest BCUT2D eigenvalue weighted by atomic mass is 16.5. The average molecular weight is 221 g/mol. The van der Waals surface area contributed by atoms with Crippen LogP contribution in [0.1, 0.15) is 42.6 Å². The number of nitrogens with two attached hydrogens (primary N) is 1. The summed E-state index contributed by atoms with van der Waals surface area (Å²) in [4.78, 5) is 11.4. The summed E-state index contributed by atoms with van der Waals surface area (Å²) in [5.74, 6) is 0.993. The van der Waals surface area contributed by atoms with Crippen molar-refractivity contribution in [3.8, 4) is 5.75 Å². The van der Waals surface area contributed by atoms with Gasteiger partial charge >= 0.3 is 0 Å². The molecule has 0 aliphatic carbocycles. The fourth-order valence-corrected chi connectivity index (χ4v) is 1.74. The van der Waals surface area contributed by atoms with Gasteiger partial charge in [0, 0.05) is 11.1 Å². The lowest BCUT2D eigenvalue weighted by molar-refractivity contribution is 0.0998. The molecule has 2 N–H and O–H groups in total. The lowest BCUT2D eigenvalue weighted by Crippen LogP contribution is -2.17. The number of methoxy groups -OCH3 is 1. The van der Waals surface area contributed by atoms with Gasteiger partial charge in [-0.2, -0.15) is 0 Å². The van der Waals surface area contributed by atoms with Crippen LogP contribution in [-0.4, -0.2) is 13.0 Å². The van der Waals surface area contributed by atoms with Gasteiger partial charge in [-0.05, 0) is 24.0 Å². The third-order valence-electron chi connectivity index (χ3n) is 3.01. The Morgan fingerprint density at radius 3 is 2.38 bits per heavy atom. The smallest absolute Gasteiger partial charge is 0.249 e. The van der Waals surface area contributed by atoms with Crippen molar-refractivity contribution in [2.75, 3.05) is 7.11 Å². The molecular weight excluding hydrogens is 202 g/mol. The summed E-state index contributed by atoms with van der Waals surface area (Å²) in [5.41, 5.74) is 6.85. The van der Waals surface area contributed by atoms with Crippen molar-refractivity contribution in [2.45, 2.75) is 26.7 Å². The van der Waals surface area contributed by atoms with Crippen LogP contribution in [0.25, 0.3) is 0 Å². The molecule has 0 radical (unpaired) electrons. The second-order valence-corrected chi connectivity index (χ2v) is 4.32. The maximum Gasteiger partial charge on any atom is 0.249 e. The number of rotatable bonds is 4. The van der Waals surface area contributed by atoms with Crippen LogP contribution in [-0.2, 0) is 0 Å². The molecule has 0 aliphatic rings. The van der Waals surface area contributed by atoms with Gasteiger partial charge in [-0.15, -0.1) is 0 Å². The molecule has 1 amide bonds. The number of hydrogen-bond donors (Lipinski definition) is 1. The van der Waals surface area contributed by atoms with E-state index in [2.05, 4.69) is 20.8 Å². The van der Waals surface area contributed by atoms with Crippen molar-refractivity contribution >= 4 is 5.91 Å². The summed E-state index contributed by atoms with van der Waals surface area (Å²) in [5, 5.41) is 0. The van der Waals surface area contributed by atoms with Crippen LogP contribution in [0, 0.1) is 5.92 Å². The first-order valence-electron chi connectivity index (χ1n) is 5.45. The fourth-order valence-electron chi connectivity index (χ4n) is 1.74. The van der Waals surface area contributed by atoms with Gasteiger partial charge in [0.15, 0.2) is 0 Å². The third-order valence-corrected chi connectivity index (χ3v) is 3.01. The molecule has 1 aromatic carbocycles. The van der Waals surface area contributed by atoms with E-state index in [1.54, 1.807) is 19.2 Å².